The number of benzene rings is 1. The SMILES string of the molecule is C=CCC1(S(=O)(=O)n2cc(C)c3c(C(=O)NCC4C(=O)N=C(C)C=C4CC)cc(-c4ccc(-c5cn[nH]c5)nc4)cc32)CC1. The predicted molar refractivity (Wildman–Crippen MR) is 171 cm³/mol. The van der Waals surface area contributed by atoms with Gasteiger partial charge in [0.1, 0.15) is 0 Å². The highest BCUT2D eigenvalue weighted by atomic mass is 32.2. The standard InChI is InChI=1S/C33H34N6O4S/c1-5-9-33(10-11-33)44(42,43)39-19-20(3)30-26(31(40)35-18-27-22(6-2)12-21(4)38-32(27)41)13-24(14-29(30)39)23-7-8-28(34-15-23)25-16-36-37-17-25/h5,7-8,12-17,19,27H,1,6,9-11,18H2,2-4H3,(H,35,40)(H,36,37). The first kappa shape index (κ1) is 29.4. The third-order valence-corrected chi connectivity index (χ3v) is 11.1. The molecule has 4 heterocycles. The summed E-state index contributed by atoms with van der Waals surface area (Å²) < 4.78 is 28.5. The zero-order valence-corrected chi connectivity index (χ0v) is 25.7. The lowest BCUT2D eigenvalue weighted by Crippen LogP contribution is -2.35. The number of H-pyrrole nitrogens is 1. The number of aryl methyl sites for hydroxylation is 1. The number of allylic oxidation sites excluding steroid dienone is 2. The number of nitrogens with one attached hydrogen (secondary N) is 2. The highest BCUT2D eigenvalue weighted by molar-refractivity contribution is 7.91. The Hall–Kier alpha value is -4.64. The largest absolute Gasteiger partial charge is 0.351 e. The second-order valence-corrected chi connectivity index (χ2v) is 13.8. The summed E-state index contributed by atoms with van der Waals surface area (Å²) in [5.74, 6) is -1.24. The highest BCUT2D eigenvalue weighted by Gasteiger charge is 2.54. The van der Waals surface area contributed by atoms with Gasteiger partial charge in [0, 0.05) is 52.9 Å². The Morgan fingerprint density at radius 3 is 2.61 bits per heavy atom. The maximum Gasteiger partial charge on any atom is 0.254 e. The van der Waals surface area contributed by atoms with Gasteiger partial charge in [-0.1, -0.05) is 24.6 Å². The van der Waals surface area contributed by atoms with Crippen LogP contribution in [-0.4, -0.2) is 56.4 Å². The van der Waals surface area contributed by atoms with Crippen LogP contribution in [0.4, 0.5) is 0 Å². The van der Waals surface area contributed by atoms with Gasteiger partial charge >= 0.3 is 0 Å². The lowest BCUT2D eigenvalue weighted by molar-refractivity contribution is -0.120. The molecule has 0 radical (unpaired) electrons. The van der Waals surface area contributed by atoms with Crippen molar-refractivity contribution in [1.29, 1.82) is 0 Å². The predicted octanol–water partition coefficient (Wildman–Crippen LogP) is 5.37. The minimum absolute atomic E-state index is 0.0846. The average molecular weight is 611 g/mol. The van der Waals surface area contributed by atoms with E-state index in [2.05, 4.69) is 32.1 Å². The van der Waals surface area contributed by atoms with E-state index in [-0.39, 0.29) is 12.5 Å². The number of carbonyl (C=O) groups excluding carboxylic acids is 2. The summed E-state index contributed by atoms with van der Waals surface area (Å²) in [5, 5.41) is 10.2. The Morgan fingerprint density at radius 1 is 1.18 bits per heavy atom. The number of dihydropyridines is 1. The molecular formula is C33H34N6O4S. The maximum absolute atomic E-state index is 14.0. The van der Waals surface area contributed by atoms with Gasteiger partial charge in [0.25, 0.3) is 11.8 Å². The number of rotatable bonds is 10. The Labute approximate surface area is 256 Å². The number of aliphatic imine (C=N–C) groups is 1. The van der Waals surface area contributed by atoms with Crippen molar-refractivity contribution in [1.82, 2.24) is 24.5 Å². The van der Waals surface area contributed by atoms with E-state index in [4.69, 9.17) is 0 Å². The molecule has 10 nitrogen and oxygen atoms in total. The lowest BCUT2D eigenvalue weighted by Gasteiger charge is -2.21. The summed E-state index contributed by atoms with van der Waals surface area (Å²) in [5.41, 5.74) is 5.87. The van der Waals surface area contributed by atoms with Crippen molar-refractivity contribution >= 4 is 38.5 Å². The van der Waals surface area contributed by atoms with Gasteiger partial charge in [-0.05, 0) is 74.9 Å². The van der Waals surface area contributed by atoms with Crippen molar-refractivity contribution in [3.05, 3.63) is 84.5 Å². The summed E-state index contributed by atoms with van der Waals surface area (Å²) in [6.07, 6.45) is 12.4. The zero-order chi connectivity index (χ0) is 31.2. The van der Waals surface area contributed by atoms with E-state index < -0.39 is 26.6 Å². The molecule has 1 unspecified atom stereocenters. The molecule has 1 aromatic carbocycles. The second kappa shape index (κ2) is 11.1. The van der Waals surface area contributed by atoms with Gasteiger partial charge in [-0.3, -0.25) is 19.7 Å². The van der Waals surface area contributed by atoms with Gasteiger partial charge in [0.05, 0.1) is 28.1 Å². The Balaban J connectivity index is 1.44. The third-order valence-electron chi connectivity index (χ3n) is 8.63. The van der Waals surface area contributed by atoms with E-state index in [0.717, 1.165) is 16.8 Å². The van der Waals surface area contributed by atoms with Crippen LogP contribution in [0, 0.1) is 12.8 Å². The Morgan fingerprint density at radius 2 is 1.98 bits per heavy atom. The van der Waals surface area contributed by atoms with Crippen LogP contribution < -0.4 is 5.32 Å². The van der Waals surface area contributed by atoms with E-state index in [0.29, 0.717) is 64.6 Å². The summed E-state index contributed by atoms with van der Waals surface area (Å²) in [7, 11) is -3.80. The van der Waals surface area contributed by atoms with Gasteiger partial charge < -0.3 is 5.32 Å². The molecule has 1 aliphatic heterocycles. The van der Waals surface area contributed by atoms with Crippen LogP contribution in [0.3, 0.4) is 0 Å². The van der Waals surface area contributed by atoms with Crippen molar-refractivity contribution in [3.8, 4) is 22.4 Å². The summed E-state index contributed by atoms with van der Waals surface area (Å²) >= 11 is 0. The molecule has 1 saturated carbocycles. The van der Waals surface area contributed by atoms with E-state index in [9.17, 15) is 18.0 Å². The summed E-state index contributed by atoms with van der Waals surface area (Å²) in [4.78, 5) is 35.3. The first-order chi connectivity index (χ1) is 21.1. The maximum atomic E-state index is 14.0. The molecule has 44 heavy (non-hydrogen) atoms. The summed E-state index contributed by atoms with van der Waals surface area (Å²) in [6, 6.07) is 7.29. The van der Waals surface area contributed by atoms with Gasteiger partial charge in [-0.15, -0.1) is 6.58 Å². The Bertz CT molecular complexity index is 1960. The number of fused-ring (bicyclic) bond motifs is 1. The lowest BCUT2D eigenvalue weighted by atomic mass is 9.92. The van der Waals surface area contributed by atoms with Crippen molar-refractivity contribution in [2.24, 2.45) is 10.9 Å². The van der Waals surface area contributed by atoms with E-state index in [1.807, 2.05) is 25.1 Å². The van der Waals surface area contributed by atoms with Crippen molar-refractivity contribution in [3.63, 3.8) is 0 Å². The minimum atomic E-state index is -3.80. The monoisotopic (exact) mass is 610 g/mol. The fourth-order valence-corrected chi connectivity index (χ4v) is 8.11. The van der Waals surface area contributed by atoms with Crippen LogP contribution >= 0.6 is 0 Å². The van der Waals surface area contributed by atoms with Gasteiger partial charge in [0.15, 0.2) is 0 Å². The molecule has 226 valence electrons. The molecule has 2 N–H and O–H groups in total. The van der Waals surface area contributed by atoms with Crippen LogP contribution in [0.2, 0.25) is 0 Å². The van der Waals surface area contributed by atoms with Crippen molar-refractivity contribution in [2.75, 3.05) is 6.54 Å². The molecule has 11 heteroatoms. The van der Waals surface area contributed by atoms with Crippen LogP contribution in [0.5, 0.6) is 0 Å². The molecule has 0 saturated heterocycles. The molecule has 0 bridgehead atoms. The molecule has 6 rings (SSSR count). The van der Waals surface area contributed by atoms with E-state index in [1.165, 1.54) is 3.97 Å². The fourth-order valence-electron chi connectivity index (χ4n) is 6.04. The van der Waals surface area contributed by atoms with E-state index in [1.54, 1.807) is 56.8 Å². The average Bonchev–Trinajstić information content (AvgIpc) is 3.45. The fraction of sp³-hybridized carbons (Fsp3) is 0.303. The number of hydrogen-bond acceptors (Lipinski definition) is 6. The zero-order valence-electron chi connectivity index (χ0n) is 24.9. The van der Waals surface area contributed by atoms with Crippen LogP contribution in [-0.2, 0) is 14.8 Å². The minimum Gasteiger partial charge on any atom is -0.351 e. The molecule has 1 fully saturated rings. The molecule has 4 aromatic rings. The topological polar surface area (TPSA) is 139 Å². The normalized spacial score (nSPS) is 17.7. The highest BCUT2D eigenvalue weighted by Crippen LogP contribution is 2.49. The molecule has 3 aromatic heterocycles. The number of aromatic amines is 1. The number of amides is 2. The Kier molecular flexibility index (Phi) is 7.44. The number of pyridine rings is 1. The number of hydrogen-bond donors (Lipinski definition) is 2. The number of nitrogens with zero attached hydrogens (tertiary/aromatic N) is 4. The van der Waals surface area contributed by atoms with Crippen LogP contribution in [0.1, 0.15) is 55.5 Å². The summed E-state index contributed by atoms with van der Waals surface area (Å²) in [6.45, 7) is 9.42. The van der Waals surface area contributed by atoms with Crippen LogP contribution in [0.15, 0.2) is 78.3 Å². The van der Waals surface area contributed by atoms with Gasteiger partial charge in [-0.25, -0.2) is 17.4 Å². The molecule has 1 aliphatic carbocycles. The third kappa shape index (κ3) is 5.00. The second-order valence-electron chi connectivity index (χ2n) is 11.6. The van der Waals surface area contributed by atoms with Gasteiger partial charge in [0.2, 0.25) is 10.0 Å². The molecule has 2 amide bonds. The first-order valence-electron chi connectivity index (χ1n) is 14.6. The van der Waals surface area contributed by atoms with Gasteiger partial charge in [-0.2, -0.15) is 5.10 Å². The van der Waals surface area contributed by atoms with Crippen LogP contribution in [0.25, 0.3) is 33.3 Å². The molecular weight excluding hydrogens is 576 g/mol. The molecule has 1 atom stereocenters. The first-order valence-corrected chi connectivity index (χ1v) is 16.1. The molecule has 2 aliphatic rings. The van der Waals surface area contributed by atoms with Crippen molar-refractivity contribution < 1.29 is 18.0 Å². The van der Waals surface area contributed by atoms with E-state index >= 15 is 0 Å². The smallest absolute Gasteiger partial charge is 0.254 e. The number of carbonyl (C=O) groups is 2. The number of aromatic nitrogens is 4. The quantitative estimate of drug-likeness (QED) is 0.232. The molecule has 0 spiro atoms. The van der Waals surface area contributed by atoms with Crippen molar-refractivity contribution in [2.45, 2.75) is 51.2 Å².